The number of aromatic nitrogens is 2. The van der Waals surface area contributed by atoms with E-state index in [9.17, 15) is 8.78 Å². The fourth-order valence-corrected chi connectivity index (χ4v) is 2.18. The third-order valence-electron chi connectivity index (χ3n) is 3.26. The molecular weight excluding hydrogens is 252 g/mol. The van der Waals surface area contributed by atoms with Crippen LogP contribution in [0.1, 0.15) is 31.1 Å². The molecule has 0 unspecified atom stereocenters. The third kappa shape index (κ3) is 3.73. The highest BCUT2D eigenvalue weighted by atomic mass is 19.3. The quantitative estimate of drug-likeness (QED) is 0.846. The van der Waals surface area contributed by atoms with Crippen LogP contribution in [0.5, 0.6) is 0 Å². The average Bonchev–Trinajstić information content (AvgIpc) is 2.56. The Morgan fingerprint density at radius 2 is 2.21 bits per heavy atom. The van der Waals surface area contributed by atoms with E-state index in [1.54, 1.807) is 4.90 Å². The Labute approximate surface area is 112 Å². The lowest BCUT2D eigenvalue weighted by Gasteiger charge is -2.22. The van der Waals surface area contributed by atoms with Gasteiger partial charge in [0.15, 0.2) is 0 Å². The smallest absolute Gasteiger partial charge is 0.283 e. The highest BCUT2D eigenvalue weighted by Gasteiger charge is 2.34. The first-order chi connectivity index (χ1) is 8.87. The van der Waals surface area contributed by atoms with Gasteiger partial charge in [-0.25, -0.2) is 8.78 Å². The monoisotopic (exact) mass is 273 g/mol. The van der Waals surface area contributed by atoms with Gasteiger partial charge in [-0.3, -0.25) is 9.58 Å². The van der Waals surface area contributed by atoms with Gasteiger partial charge in [0.2, 0.25) is 0 Å². The number of aryl methyl sites for hydroxylation is 1. The summed E-state index contributed by atoms with van der Waals surface area (Å²) < 4.78 is 33.7. The zero-order chi connectivity index (χ0) is 14.0. The summed E-state index contributed by atoms with van der Waals surface area (Å²) in [6.45, 7) is 6.66. The number of alkyl halides is 2. The van der Waals surface area contributed by atoms with Crippen molar-refractivity contribution in [1.82, 2.24) is 14.7 Å². The molecule has 1 fully saturated rings. The van der Waals surface area contributed by atoms with Crippen LogP contribution in [0.4, 0.5) is 8.78 Å². The van der Waals surface area contributed by atoms with E-state index >= 15 is 0 Å². The molecule has 1 aromatic rings. The third-order valence-corrected chi connectivity index (χ3v) is 3.26. The summed E-state index contributed by atoms with van der Waals surface area (Å²) in [5.74, 6) is -2.77. The van der Waals surface area contributed by atoms with Crippen LogP contribution in [-0.4, -0.2) is 46.9 Å². The van der Waals surface area contributed by atoms with Gasteiger partial charge in [-0.15, -0.1) is 0 Å². The highest BCUT2D eigenvalue weighted by Crippen LogP contribution is 2.21. The van der Waals surface area contributed by atoms with E-state index in [4.69, 9.17) is 4.74 Å². The summed E-state index contributed by atoms with van der Waals surface area (Å²) in [6, 6.07) is 0.279. The maximum atomic E-state index is 13.5. The molecule has 0 spiro atoms. The van der Waals surface area contributed by atoms with E-state index in [0.717, 1.165) is 11.3 Å². The fourth-order valence-electron chi connectivity index (χ4n) is 2.18. The molecule has 19 heavy (non-hydrogen) atoms. The Balaban J connectivity index is 2.07. The van der Waals surface area contributed by atoms with E-state index in [1.165, 1.54) is 0 Å². The lowest BCUT2D eigenvalue weighted by Crippen LogP contribution is -2.37. The van der Waals surface area contributed by atoms with Crippen molar-refractivity contribution < 1.29 is 13.5 Å². The molecule has 2 rings (SSSR count). The van der Waals surface area contributed by atoms with Crippen LogP contribution in [0.25, 0.3) is 0 Å². The summed E-state index contributed by atoms with van der Waals surface area (Å²) in [5.41, 5.74) is 1.91. The second kappa shape index (κ2) is 5.54. The summed E-state index contributed by atoms with van der Waals surface area (Å²) in [4.78, 5) is 1.74. The molecule has 0 bridgehead atoms. The molecule has 1 saturated heterocycles. The Bertz CT molecular complexity index is 432. The van der Waals surface area contributed by atoms with E-state index in [2.05, 4.69) is 5.10 Å². The van der Waals surface area contributed by atoms with E-state index in [0.29, 0.717) is 19.7 Å². The number of hydrogen-bond acceptors (Lipinski definition) is 3. The van der Waals surface area contributed by atoms with Crippen molar-refractivity contribution in [2.24, 2.45) is 0 Å². The minimum Gasteiger partial charge on any atom is -0.374 e. The van der Waals surface area contributed by atoms with E-state index < -0.39 is 12.5 Å². The topological polar surface area (TPSA) is 30.3 Å². The number of hydrogen-bond donors (Lipinski definition) is 0. The van der Waals surface area contributed by atoms with Gasteiger partial charge in [-0.2, -0.15) is 5.10 Å². The minimum atomic E-state index is -2.77. The molecule has 1 aromatic heterocycles. The van der Waals surface area contributed by atoms with Crippen molar-refractivity contribution >= 4 is 0 Å². The van der Waals surface area contributed by atoms with E-state index in [-0.39, 0.29) is 12.6 Å². The van der Waals surface area contributed by atoms with Crippen LogP contribution in [0.2, 0.25) is 0 Å². The van der Waals surface area contributed by atoms with Gasteiger partial charge in [-0.05, 0) is 20.8 Å². The van der Waals surface area contributed by atoms with Crippen molar-refractivity contribution in [1.29, 1.82) is 0 Å². The van der Waals surface area contributed by atoms with Gasteiger partial charge < -0.3 is 4.74 Å². The first-order valence-electron chi connectivity index (χ1n) is 6.60. The summed E-state index contributed by atoms with van der Waals surface area (Å²) in [6.07, 6.45) is 1.95. The molecule has 0 N–H and O–H groups in total. The maximum absolute atomic E-state index is 13.5. The van der Waals surface area contributed by atoms with Crippen molar-refractivity contribution in [3.05, 3.63) is 17.5 Å². The highest BCUT2D eigenvalue weighted by molar-refractivity contribution is 5.15. The molecule has 0 aliphatic carbocycles. The summed E-state index contributed by atoms with van der Waals surface area (Å²) in [7, 11) is 0. The van der Waals surface area contributed by atoms with Gasteiger partial charge in [0.1, 0.15) is 6.61 Å². The molecule has 4 nitrogen and oxygen atoms in total. The standard InChI is InChI=1S/C13H21F2N3O/c1-10(2)18-7-12(11(3)16-18)6-17-4-5-19-9-13(14,15)8-17/h7,10H,4-6,8-9H2,1-3H3. The van der Waals surface area contributed by atoms with Crippen molar-refractivity contribution in [2.45, 2.75) is 39.3 Å². The van der Waals surface area contributed by atoms with Crippen LogP contribution in [-0.2, 0) is 11.3 Å². The van der Waals surface area contributed by atoms with Crippen molar-refractivity contribution in [3.8, 4) is 0 Å². The van der Waals surface area contributed by atoms with Gasteiger partial charge >= 0.3 is 0 Å². The maximum Gasteiger partial charge on any atom is 0.283 e. The molecule has 0 saturated carbocycles. The van der Waals surface area contributed by atoms with Gasteiger partial charge in [0, 0.05) is 30.9 Å². The molecule has 6 heteroatoms. The second-order valence-corrected chi connectivity index (χ2v) is 5.43. The molecule has 0 amide bonds. The SMILES string of the molecule is Cc1nn(C(C)C)cc1CN1CCOCC(F)(F)C1. The van der Waals surface area contributed by atoms with Gasteiger partial charge in [0.05, 0.1) is 18.8 Å². The van der Waals surface area contributed by atoms with E-state index in [1.807, 2.05) is 31.6 Å². The molecule has 108 valence electrons. The molecular formula is C13H21F2N3O. The largest absolute Gasteiger partial charge is 0.374 e. The van der Waals surface area contributed by atoms with Crippen LogP contribution in [0, 0.1) is 6.92 Å². The molecule has 0 atom stereocenters. The van der Waals surface area contributed by atoms with Gasteiger partial charge in [0.25, 0.3) is 5.92 Å². The average molecular weight is 273 g/mol. The zero-order valence-electron chi connectivity index (χ0n) is 11.7. The molecule has 2 heterocycles. The van der Waals surface area contributed by atoms with Crippen LogP contribution >= 0.6 is 0 Å². The first kappa shape index (κ1) is 14.4. The Morgan fingerprint density at radius 3 is 2.84 bits per heavy atom. The van der Waals surface area contributed by atoms with Crippen LogP contribution in [0.15, 0.2) is 6.20 Å². The van der Waals surface area contributed by atoms with Crippen LogP contribution in [0.3, 0.4) is 0 Å². The summed E-state index contributed by atoms with van der Waals surface area (Å²) >= 11 is 0. The van der Waals surface area contributed by atoms with Gasteiger partial charge in [-0.1, -0.05) is 0 Å². The molecule has 1 aliphatic heterocycles. The number of nitrogens with zero attached hydrogens (tertiary/aromatic N) is 3. The van der Waals surface area contributed by atoms with Crippen LogP contribution < -0.4 is 0 Å². The lowest BCUT2D eigenvalue weighted by atomic mass is 10.2. The fraction of sp³-hybridized carbons (Fsp3) is 0.769. The predicted octanol–water partition coefficient (Wildman–Crippen LogP) is 2.24. The second-order valence-electron chi connectivity index (χ2n) is 5.43. The lowest BCUT2D eigenvalue weighted by molar-refractivity contribution is -0.0689. The number of halogens is 2. The minimum absolute atomic E-state index is 0.251. The number of rotatable bonds is 3. The molecule has 0 aromatic carbocycles. The first-order valence-corrected chi connectivity index (χ1v) is 6.60. The molecule has 0 radical (unpaired) electrons. The Hall–Kier alpha value is -1.01. The molecule has 1 aliphatic rings. The predicted molar refractivity (Wildman–Crippen MR) is 68.4 cm³/mol. The number of ether oxygens (including phenoxy) is 1. The normalized spacial score (nSPS) is 20.7. The zero-order valence-corrected chi connectivity index (χ0v) is 11.7. The summed E-state index contributed by atoms with van der Waals surface area (Å²) in [5, 5.41) is 4.41. The Morgan fingerprint density at radius 1 is 1.47 bits per heavy atom. The van der Waals surface area contributed by atoms with Crippen molar-refractivity contribution in [2.75, 3.05) is 26.3 Å². The Kier molecular flexibility index (Phi) is 4.20. The van der Waals surface area contributed by atoms with Crippen molar-refractivity contribution in [3.63, 3.8) is 0 Å².